The fourth-order valence-corrected chi connectivity index (χ4v) is 2.79. The molecule has 1 rings (SSSR count). The Morgan fingerprint density at radius 3 is 2.65 bits per heavy atom. The molecule has 3 atom stereocenters. The topological polar surface area (TPSA) is 59.1 Å². The van der Waals surface area contributed by atoms with Gasteiger partial charge in [0.1, 0.15) is 12.2 Å². The molecular weight excluding hydrogens is 292 g/mol. The van der Waals surface area contributed by atoms with Gasteiger partial charge >= 0.3 is 5.97 Å². The molecule has 0 aromatic heterocycles. The predicted octanol–water partition coefficient (Wildman–Crippen LogP) is 4.15. The van der Waals surface area contributed by atoms with Crippen LogP contribution >= 0.6 is 0 Å². The molecule has 23 heavy (non-hydrogen) atoms. The van der Waals surface area contributed by atoms with Crippen LogP contribution in [-0.4, -0.2) is 36.5 Å². The van der Waals surface area contributed by atoms with E-state index in [9.17, 15) is 9.90 Å². The third kappa shape index (κ3) is 9.77. The molecule has 1 saturated heterocycles. The summed E-state index contributed by atoms with van der Waals surface area (Å²) in [5.41, 5.74) is 0. The third-order valence-electron chi connectivity index (χ3n) is 4.36. The van der Waals surface area contributed by atoms with Crippen molar-refractivity contribution in [3.05, 3.63) is 12.2 Å². The summed E-state index contributed by atoms with van der Waals surface area (Å²) in [5, 5.41) is 10.0. The van der Waals surface area contributed by atoms with E-state index < -0.39 is 6.10 Å². The molecule has 4 heteroatoms. The first-order valence-electron chi connectivity index (χ1n) is 9.26. The SMILES string of the molecule is CCCCC/C=C\[C@H](O)[C@H]1O[C@@H]1CCCCCCCC(=O)OC. The molecule has 0 aromatic rings. The summed E-state index contributed by atoms with van der Waals surface area (Å²) in [6.45, 7) is 2.19. The molecule has 0 radical (unpaired) electrons. The maximum atomic E-state index is 11.0. The van der Waals surface area contributed by atoms with Crippen molar-refractivity contribution in [1.29, 1.82) is 0 Å². The van der Waals surface area contributed by atoms with Gasteiger partial charge in [0.05, 0.1) is 13.2 Å². The average Bonchev–Trinajstić information content (AvgIpc) is 3.33. The van der Waals surface area contributed by atoms with Crippen LogP contribution < -0.4 is 0 Å². The van der Waals surface area contributed by atoms with E-state index >= 15 is 0 Å². The first kappa shape index (κ1) is 20.2. The minimum absolute atomic E-state index is 0.0109. The standard InChI is InChI=1S/C19H34O4/c1-3-4-5-7-10-13-16(20)19-17(23-19)14-11-8-6-9-12-15-18(21)22-2/h10,13,16-17,19-20H,3-9,11-12,14-15H2,1-2H3/b13-10-/t16-,17+,19+/m0/s1. The minimum Gasteiger partial charge on any atom is -0.469 e. The van der Waals surface area contributed by atoms with E-state index in [1.54, 1.807) is 0 Å². The smallest absolute Gasteiger partial charge is 0.305 e. The Labute approximate surface area is 141 Å². The highest BCUT2D eigenvalue weighted by atomic mass is 16.6. The fourth-order valence-electron chi connectivity index (χ4n) is 2.79. The van der Waals surface area contributed by atoms with Crippen LogP contribution in [0.5, 0.6) is 0 Å². The van der Waals surface area contributed by atoms with E-state index in [-0.39, 0.29) is 18.2 Å². The Bertz CT molecular complexity index is 340. The van der Waals surface area contributed by atoms with Crippen molar-refractivity contribution >= 4 is 5.97 Å². The molecule has 1 fully saturated rings. The van der Waals surface area contributed by atoms with E-state index in [2.05, 4.69) is 17.7 Å². The fraction of sp³-hybridized carbons (Fsp3) is 0.842. The molecule has 0 amide bonds. The maximum Gasteiger partial charge on any atom is 0.305 e. The first-order valence-corrected chi connectivity index (χ1v) is 9.26. The summed E-state index contributed by atoms with van der Waals surface area (Å²) in [6.07, 6.45) is 15.5. The Balaban J connectivity index is 1.93. The van der Waals surface area contributed by atoms with Crippen LogP contribution in [0.4, 0.5) is 0 Å². The molecule has 134 valence electrons. The first-order chi connectivity index (χ1) is 11.2. The average molecular weight is 326 g/mol. The number of carbonyl (C=O) groups excluding carboxylic acids is 1. The molecule has 0 spiro atoms. The van der Waals surface area contributed by atoms with Gasteiger partial charge in [-0.2, -0.15) is 0 Å². The van der Waals surface area contributed by atoms with Gasteiger partial charge in [0.25, 0.3) is 0 Å². The maximum absolute atomic E-state index is 11.0. The zero-order chi connectivity index (χ0) is 16.9. The number of esters is 1. The summed E-state index contributed by atoms with van der Waals surface area (Å²) in [5.74, 6) is -0.115. The van der Waals surface area contributed by atoms with Crippen molar-refractivity contribution < 1.29 is 19.4 Å². The van der Waals surface area contributed by atoms with E-state index in [0.717, 1.165) is 44.9 Å². The van der Waals surface area contributed by atoms with Crippen LogP contribution in [0.2, 0.25) is 0 Å². The van der Waals surface area contributed by atoms with Gasteiger partial charge in [0, 0.05) is 6.42 Å². The van der Waals surface area contributed by atoms with Crippen molar-refractivity contribution in [2.45, 2.75) is 95.9 Å². The minimum atomic E-state index is -0.443. The lowest BCUT2D eigenvalue weighted by atomic mass is 10.0. The van der Waals surface area contributed by atoms with Crippen molar-refractivity contribution in [1.82, 2.24) is 0 Å². The molecule has 0 aromatic carbocycles. The molecular formula is C19H34O4. The number of hydrogen-bond donors (Lipinski definition) is 1. The number of unbranched alkanes of at least 4 members (excludes halogenated alkanes) is 7. The Kier molecular flexibility index (Phi) is 11.0. The normalized spacial score (nSPS) is 21.5. The van der Waals surface area contributed by atoms with Crippen LogP contribution in [0.3, 0.4) is 0 Å². The highest BCUT2D eigenvalue weighted by Crippen LogP contribution is 2.31. The summed E-state index contributed by atoms with van der Waals surface area (Å²) in [6, 6.07) is 0. The number of allylic oxidation sites excluding steroid dienone is 1. The largest absolute Gasteiger partial charge is 0.469 e. The van der Waals surface area contributed by atoms with Crippen molar-refractivity contribution in [2.24, 2.45) is 0 Å². The second-order valence-electron chi connectivity index (χ2n) is 6.44. The van der Waals surface area contributed by atoms with Crippen molar-refractivity contribution in [3.63, 3.8) is 0 Å². The molecule has 0 aliphatic carbocycles. The zero-order valence-corrected chi connectivity index (χ0v) is 14.8. The molecule has 1 aliphatic rings. The van der Waals surface area contributed by atoms with E-state index in [4.69, 9.17) is 4.74 Å². The molecule has 0 bridgehead atoms. The zero-order valence-electron chi connectivity index (χ0n) is 14.8. The van der Waals surface area contributed by atoms with Crippen molar-refractivity contribution in [2.75, 3.05) is 7.11 Å². The van der Waals surface area contributed by atoms with Gasteiger partial charge < -0.3 is 14.6 Å². The van der Waals surface area contributed by atoms with Gasteiger partial charge in [0.2, 0.25) is 0 Å². The summed E-state index contributed by atoms with van der Waals surface area (Å²) in [7, 11) is 1.43. The van der Waals surface area contributed by atoms with Gasteiger partial charge in [-0.25, -0.2) is 0 Å². The lowest BCUT2D eigenvalue weighted by Gasteiger charge is -2.02. The van der Waals surface area contributed by atoms with Crippen molar-refractivity contribution in [3.8, 4) is 0 Å². The highest BCUT2D eigenvalue weighted by Gasteiger charge is 2.42. The summed E-state index contributed by atoms with van der Waals surface area (Å²) in [4.78, 5) is 11.0. The predicted molar refractivity (Wildman–Crippen MR) is 92.3 cm³/mol. The van der Waals surface area contributed by atoms with Crippen LogP contribution in [-0.2, 0) is 14.3 Å². The lowest BCUT2D eigenvalue weighted by Crippen LogP contribution is -2.13. The summed E-state index contributed by atoms with van der Waals surface area (Å²) < 4.78 is 10.2. The van der Waals surface area contributed by atoms with Crippen LogP contribution in [0.1, 0.15) is 77.6 Å². The van der Waals surface area contributed by atoms with Crippen LogP contribution in [0.15, 0.2) is 12.2 Å². The second kappa shape index (κ2) is 12.5. The van der Waals surface area contributed by atoms with E-state index in [0.29, 0.717) is 6.42 Å². The second-order valence-corrected chi connectivity index (χ2v) is 6.44. The Morgan fingerprint density at radius 2 is 1.91 bits per heavy atom. The number of hydrogen-bond acceptors (Lipinski definition) is 4. The number of epoxide rings is 1. The van der Waals surface area contributed by atoms with E-state index in [1.807, 2.05) is 6.08 Å². The van der Waals surface area contributed by atoms with Gasteiger partial charge in [-0.1, -0.05) is 57.6 Å². The quantitative estimate of drug-likeness (QED) is 0.225. The molecule has 1 heterocycles. The van der Waals surface area contributed by atoms with Gasteiger partial charge in [-0.05, 0) is 25.7 Å². The third-order valence-corrected chi connectivity index (χ3v) is 4.36. The number of methoxy groups -OCH3 is 1. The molecule has 1 N–H and O–H groups in total. The van der Waals surface area contributed by atoms with Crippen LogP contribution in [0.25, 0.3) is 0 Å². The number of carbonyl (C=O) groups is 1. The number of aliphatic hydroxyl groups excluding tert-OH is 1. The van der Waals surface area contributed by atoms with Crippen LogP contribution in [0, 0.1) is 0 Å². The number of aliphatic hydroxyl groups is 1. The summed E-state index contributed by atoms with van der Waals surface area (Å²) >= 11 is 0. The molecule has 1 aliphatic heterocycles. The van der Waals surface area contributed by atoms with Gasteiger partial charge in [-0.15, -0.1) is 0 Å². The van der Waals surface area contributed by atoms with Gasteiger partial charge in [0.15, 0.2) is 0 Å². The molecule has 0 saturated carbocycles. The number of ether oxygens (including phenoxy) is 2. The van der Waals surface area contributed by atoms with Gasteiger partial charge in [-0.3, -0.25) is 4.79 Å². The monoisotopic (exact) mass is 326 g/mol. The Hall–Kier alpha value is -0.870. The lowest BCUT2D eigenvalue weighted by molar-refractivity contribution is -0.140. The molecule has 4 nitrogen and oxygen atoms in total. The highest BCUT2D eigenvalue weighted by molar-refractivity contribution is 5.68. The number of rotatable bonds is 14. The Morgan fingerprint density at radius 1 is 1.17 bits per heavy atom. The molecule has 0 unspecified atom stereocenters. The van der Waals surface area contributed by atoms with E-state index in [1.165, 1.54) is 26.4 Å².